The topological polar surface area (TPSA) is 83.9 Å². The van der Waals surface area contributed by atoms with Crippen LogP contribution in [0.5, 0.6) is 0 Å². The van der Waals surface area contributed by atoms with Crippen LogP contribution >= 0.6 is 18.7 Å². The third-order valence-corrected chi connectivity index (χ3v) is 9.05. The van der Waals surface area contributed by atoms with Crippen molar-refractivity contribution in [2.75, 3.05) is 30.9 Å². The first-order valence-corrected chi connectivity index (χ1v) is 13.8. The maximum atomic E-state index is 13.5. The summed E-state index contributed by atoms with van der Waals surface area (Å²) in [5.41, 5.74) is 0.200. The summed E-state index contributed by atoms with van der Waals surface area (Å²) < 4.78 is 18.1. The van der Waals surface area contributed by atoms with Crippen molar-refractivity contribution in [1.29, 1.82) is 0 Å². The maximum Gasteiger partial charge on any atom is 0.348 e. The Balaban J connectivity index is 2.42. The molecule has 0 aliphatic heterocycles. The predicted octanol–water partition coefficient (Wildman–Crippen LogP) is 5.85. The summed E-state index contributed by atoms with van der Waals surface area (Å²) in [5, 5.41) is 9.83. The maximum absolute atomic E-state index is 13.5. The number of thiophene rings is 1. The van der Waals surface area contributed by atoms with E-state index in [9.17, 15) is 19.3 Å². The Bertz CT molecular complexity index is 805. The number of hydrogen-bond donors (Lipinski definition) is 1. The van der Waals surface area contributed by atoms with Crippen molar-refractivity contribution in [1.82, 2.24) is 0 Å². The molecule has 0 aromatic carbocycles. The molecule has 0 saturated heterocycles. The van der Waals surface area contributed by atoms with Gasteiger partial charge in [-0.25, -0.2) is 4.79 Å². The summed E-state index contributed by atoms with van der Waals surface area (Å²) >= 11 is 1.22. The fraction of sp³-hybridized carbons (Fsp3) is 0.727. The van der Waals surface area contributed by atoms with Crippen molar-refractivity contribution < 1.29 is 23.8 Å². The van der Waals surface area contributed by atoms with E-state index in [1.54, 1.807) is 18.5 Å². The second-order valence-corrected chi connectivity index (χ2v) is 13.3. The SMILES string of the molecule is CCOP(C)(=O)CCN(c1cc(C(C)(C)C)sc1C(=O)O)C(=O)[C@H]1CC[C@H](C)CC1. The lowest BCUT2D eigenvalue weighted by Gasteiger charge is -2.31. The monoisotopic (exact) mass is 457 g/mol. The molecule has 170 valence electrons. The molecule has 1 aliphatic rings. The molecule has 1 atom stereocenters. The highest BCUT2D eigenvalue weighted by molar-refractivity contribution is 7.58. The van der Waals surface area contributed by atoms with Crippen LogP contribution in [0.25, 0.3) is 0 Å². The second kappa shape index (κ2) is 9.97. The molecule has 0 bridgehead atoms. The zero-order chi connectivity index (χ0) is 22.7. The number of nitrogens with zero attached hydrogens (tertiary/aromatic N) is 1. The highest BCUT2D eigenvalue weighted by Gasteiger charge is 2.34. The lowest BCUT2D eigenvalue weighted by atomic mass is 9.82. The zero-order valence-electron chi connectivity index (χ0n) is 19.1. The second-order valence-electron chi connectivity index (χ2n) is 9.48. The van der Waals surface area contributed by atoms with Gasteiger partial charge in [-0.05, 0) is 50.0 Å². The number of carboxylic acids is 1. The lowest BCUT2D eigenvalue weighted by molar-refractivity contribution is -0.123. The van der Waals surface area contributed by atoms with Crippen LogP contribution in [0.3, 0.4) is 0 Å². The Morgan fingerprint density at radius 3 is 2.37 bits per heavy atom. The molecular weight excluding hydrogens is 421 g/mol. The fourth-order valence-electron chi connectivity index (χ4n) is 3.80. The van der Waals surface area contributed by atoms with Crippen LogP contribution in [0, 0.1) is 11.8 Å². The average molecular weight is 458 g/mol. The van der Waals surface area contributed by atoms with E-state index >= 15 is 0 Å². The molecule has 1 fully saturated rings. The van der Waals surface area contributed by atoms with Crippen LogP contribution in [0.4, 0.5) is 5.69 Å². The largest absolute Gasteiger partial charge is 0.477 e. The van der Waals surface area contributed by atoms with Gasteiger partial charge < -0.3 is 14.5 Å². The van der Waals surface area contributed by atoms with E-state index in [1.807, 2.05) is 26.8 Å². The van der Waals surface area contributed by atoms with E-state index in [4.69, 9.17) is 4.52 Å². The number of hydrogen-bond acceptors (Lipinski definition) is 5. The molecule has 1 aromatic rings. The summed E-state index contributed by atoms with van der Waals surface area (Å²) in [5.74, 6) is -0.604. The molecule has 1 unspecified atom stereocenters. The minimum Gasteiger partial charge on any atom is -0.477 e. The molecule has 1 aliphatic carbocycles. The molecule has 1 amide bonds. The molecule has 2 rings (SSSR count). The number of anilines is 1. The first kappa shape index (κ1) is 25.1. The van der Waals surface area contributed by atoms with Crippen LogP contribution in [0.15, 0.2) is 6.07 Å². The van der Waals surface area contributed by atoms with E-state index in [-0.39, 0.29) is 34.8 Å². The molecule has 30 heavy (non-hydrogen) atoms. The zero-order valence-corrected chi connectivity index (χ0v) is 20.8. The van der Waals surface area contributed by atoms with Crippen molar-refractivity contribution in [3.05, 3.63) is 15.8 Å². The van der Waals surface area contributed by atoms with E-state index in [2.05, 4.69) is 6.92 Å². The number of amides is 1. The molecular formula is C22H36NO5PS. The standard InChI is InChI=1S/C22H36NO5PS/c1-7-28-29(6,27)13-12-23(20(24)16-10-8-15(2)9-11-16)17-14-18(22(3,4)5)30-19(17)21(25)26/h14-16H,7-13H2,1-6H3,(H,25,26)/t15-,16-,29?. The van der Waals surface area contributed by atoms with Crippen LogP contribution < -0.4 is 4.90 Å². The van der Waals surface area contributed by atoms with Crippen molar-refractivity contribution >= 4 is 36.3 Å². The van der Waals surface area contributed by atoms with Gasteiger partial charge in [0.1, 0.15) is 4.88 Å². The van der Waals surface area contributed by atoms with Crippen LogP contribution in [-0.4, -0.2) is 43.0 Å². The Labute approximate surface area is 184 Å². The minimum absolute atomic E-state index is 0.0563. The number of rotatable bonds is 8. The van der Waals surface area contributed by atoms with Crippen LogP contribution in [-0.2, 0) is 19.3 Å². The molecule has 0 spiro atoms. The van der Waals surface area contributed by atoms with Gasteiger partial charge in [-0.15, -0.1) is 11.3 Å². The van der Waals surface area contributed by atoms with E-state index in [1.165, 1.54) is 11.3 Å². The molecule has 1 saturated carbocycles. The Morgan fingerprint density at radius 2 is 1.87 bits per heavy atom. The number of carbonyl (C=O) groups excluding carboxylic acids is 1. The van der Waals surface area contributed by atoms with Gasteiger partial charge in [0, 0.05) is 30.2 Å². The predicted molar refractivity (Wildman–Crippen MR) is 123 cm³/mol. The quantitative estimate of drug-likeness (QED) is 0.495. The molecule has 0 radical (unpaired) electrons. The minimum atomic E-state index is -2.86. The van der Waals surface area contributed by atoms with Crippen molar-refractivity contribution in [3.8, 4) is 0 Å². The summed E-state index contributed by atoms with van der Waals surface area (Å²) in [6.07, 6.45) is 3.82. The van der Waals surface area contributed by atoms with Gasteiger partial charge in [-0.1, -0.05) is 27.7 Å². The first-order chi connectivity index (χ1) is 13.9. The van der Waals surface area contributed by atoms with Crippen LogP contribution in [0.1, 0.15) is 74.9 Å². The molecule has 6 nitrogen and oxygen atoms in total. The van der Waals surface area contributed by atoms with Crippen molar-refractivity contribution in [2.45, 2.75) is 65.7 Å². The third kappa shape index (κ3) is 6.41. The Kier molecular flexibility index (Phi) is 8.34. The van der Waals surface area contributed by atoms with E-state index in [0.717, 1.165) is 30.6 Å². The van der Waals surface area contributed by atoms with Gasteiger partial charge in [0.2, 0.25) is 13.3 Å². The number of aromatic carboxylic acids is 1. The summed E-state index contributed by atoms with van der Waals surface area (Å²) in [6.45, 7) is 12.2. The van der Waals surface area contributed by atoms with Crippen molar-refractivity contribution in [2.24, 2.45) is 11.8 Å². The average Bonchev–Trinajstić information content (AvgIpc) is 3.08. The van der Waals surface area contributed by atoms with Crippen molar-refractivity contribution in [3.63, 3.8) is 0 Å². The Hall–Kier alpha value is -1.17. The van der Waals surface area contributed by atoms with Gasteiger partial charge in [0.15, 0.2) is 0 Å². The fourth-order valence-corrected chi connectivity index (χ4v) is 6.10. The highest BCUT2D eigenvalue weighted by atomic mass is 32.1. The molecule has 1 aromatic heterocycles. The third-order valence-electron chi connectivity index (χ3n) is 5.70. The molecule has 1 N–H and O–H groups in total. The Morgan fingerprint density at radius 1 is 1.27 bits per heavy atom. The van der Waals surface area contributed by atoms with E-state index in [0.29, 0.717) is 18.2 Å². The number of carbonyl (C=O) groups is 2. The van der Waals surface area contributed by atoms with Crippen LogP contribution in [0.2, 0.25) is 0 Å². The molecule has 8 heteroatoms. The normalized spacial score (nSPS) is 21.8. The first-order valence-electron chi connectivity index (χ1n) is 10.8. The summed E-state index contributed by atoms with van der Waals surface area (Å²) in [6, 6.07) is 1.83. The van der Waals surface area contributed by atoms with E-state index < -0.39 is 13.3 Å². The summed E-state index contributed by atoms with van der Waals surface area (Å²) in [4.78, 5) is 28.2. The van der Waals surface area contributed by atoms with Gasteiger partial charge in [-0.3, -0.25) is 9.36 Å². The van der Waals surface area contributed by atoms with Gasteiger partial charge >= 0.3 is 5.97 Å². The van der Waals surface area contributed by atoms with Gasteiger partial charge in [-0.2, -0.15) is 0 Å². The highest BCUT2D eigenvalue weighted by Crippen LogP contribution is 2.44. The van der Waals surface area contributed by atoms with Gasteiger partial charge in [0.05, 0.1) is 12.3 Å². The summed E-state index contributed by atoms with van der Waals surface area (Å²) in [7, 11) is -2.86. The van der Waals surface area contributed by atoms with Gasteiger partial charge in [0.25, 0.3) is 0 Å². The number of carboxylic acid groups (broad SMARTS) is 1. The lowest BCUT2D eigenvalue weighted by Crippen LogP contribution is -2.40. The molecule has 1 heterocycles. The smallest absolute Gasteiger partial charge is 0.348 e.